The Kier molecular flexibility index (Phi) is 2.81. The van der Waals surface area contributed by atoms with Crippen molar-refractivity contribution in [3.05, 3.63) is 35.6 Å². The number of carboxylic acids is 1. The number of aliphatic carboxylic acids is 1. The van der Waals surface area contributed by atoms with Crippen LogP contribution in [0.2, 0.25) is 0 Å². The van der Waals surface area contributed by atoms with Gasteiger partial charge in [-0.2, -0.15) is 0 Å². The molecule has 0 aliphatic carbocycles. The monoisotopic (exact) mass is 239 g/mol. The van der Waals surface area contributed by atoms with Crippen molar-refractivity contribution in [1.29, 1.82) is 0 Å². The van der Waals surface area contributed by atoms with Crippen molar-refractivity contribution < 1.29 is 23.8 Å². The summed E-state index contributed by atoms with van der Waals surface area (Å²) in [6.07, 6.45) is 0. The number of hydrogen-bond acceptors (Lipinski definition) is 3. The van der Waals surface area contributed by atoms with Gasteiger partial charge >= 0.3 is 5.97 Å². The number of carboxylic acid groups (broad SMARTS) is 1. The van der Waals surface area contributed by atoms with Gasteiger partial charge in [-0.05, 0) is 6.07 Å². The fraction of sp³-hybridized carbons (Fsp3) is 0.273. The number of benzene rings is 1. The third-order valence-electron chi connectivity index (χ3n) is 2.60. The van der Waals surface area contributed by atoms with Gasteiger partial charge in [0.2, 0.25) is 5.91 Å². The molecule has 1 aromatic carbocycles. The Hall–Kier alpha value is -1.95. The lowest BCUT2D eigenvalue weighted by Gasteiger charge is -2.34. The minimum atomic E-state index is -1.85. The van der Waals surface area contributed by atoms with E-state index in [1.807, 2.05) is 0 Å². The van der Waals surface area contributed by atoms with Crippen LogP contribution >= 0.6 is 0 Å². The Balaban J connectivity index is 2.52. The topological polar surface area (TPSA) is 75.6 Å². The van der Waals surface area contributed by atoms with Crippen LogP contribution in [-0.4, -0.2) is 30.2 Å². The summed E-state index contributed by atoms with van der Waals surface area (Å²) in [4.78, 5) is 22.6. The predicted octanol–water partition coefficient (Wildman–Crippen LogP) is 0.252. The van der Waals surface area contributed by atoms with Gasteiger partial charge in [-0.25, -0.2) is 9.18 Å². The normalized spacial score (nSPS) is 24.2. The van der Waals surface area contributed by atoms with Gasteiger partial charge in [-0.1, -0.05) is 18.2 Å². The highest BCUT2D eigenvalue weighted by Gasteiger charge is 2.46. The van der Waals surface area contributed by atoms with E-state index in [4.69, 9.17) is 4.74 Å². The molecule has 0 aromatic heterocycles. The molecule has 0 saturated carbocycles. The fourth-order valence-corrected chi connectivity index (χ4v) is 1.79. The number of ether oxygens (including phenoxy) is 1. The molecule has 0 bridgehead atoms. The van der Waals surface area contributed by atoms with E-state index in [0.29, 0.717) is 0 Å². The van der Waals surface area contributed by atoms with Crippen molar-refractivity contribution in [3.63, 3.8) is 0 Å². The van der Waals surface area contributed by atoms with Crippen LogP contribution in [0.3, 0.4) is 0 Å². The Labute approximate surface area is 96.2 Å². The summed E-state index contributed by atoms with van der Waals surface area (Å²) in [7, 11) is 0. The zero-order valence-electron chi connectivity index (χ0n) is 8.77. The quantitative estimate of drug-likeness (QED) is 0.775. The number of halogens is 1. The SMILES string of the molecule is O=C1COCC(C(=O)O)(c2ccccc2F)N1. The largest absolute Gasteiger partial charge is 0.479 e. The van der Waals surface area contributed by atoms with Gasteiger partial charge in [0, 0.05) is 5.56 Å². The lowest BCUT2D eigenvalue weighted by molar-refractivity contribution is -0.158. The van der Waals surface area contributed by atoms with Crippen molar-refractivity contribution in [2.75, 3.05) is 13.2 Å². The molecule has 0 spiro atoms. The highest BCUT2D eigenvalue weighted by Crippen LogP contribution is 2.26. The highest BCUT2D eigenvalue weighted by molar-refractivity contribution is 5.89. The second-order valence-corrected chi connectivity index (χ2v) is 3.73. The van der Waals surface area contributed by atoms with Gasteiger partial charge in [0.05, 0.1) is 6.61 Å². The molecular weight excluding hydrogens is 229 g/mol. The molecule has 1 saturated heterocycles. The molecule has 17 heavy (non-hydrogen) atoms. The highest BCUT2D eigenvalue weighted by atomic mass is 19.1. The van der Waals surface area contributed by atoms with E-state index >= 15 is 0 Å². The molecule has 90 valence electrons. The lowest BCUT2D eigenvalue weighted by atomic mass is 9.89. The average molecular weight is 239 g/mol. The van der Waals surface area contributed by atoms with E-state index in [0.717, 1.165) is 6.07 Å². The molecule has 2 N–H and O–H groups in total. The van der Waals surface area contributed by atoms with Gasteiger partial charge in [0.15, 0.2) is 5.54 Å². The molecule has 1 heterocycles. The summed E-state index contributed by atoms with van der Waals surface area (Å²) in [6.45, 7) is -0.515. The van der Waals surface area contributed by atoms with Crippen LogP contribution in [0.1, 0.15) is 5.56 Å². The average Bonchev–Trinajstić information content (AvgIpc) is 2.29. The second-order valence-electron chi connectivity index (χ2n) is 3.73. The van der Waals surface area contributed by atoms with E-state index in [-0.39, 0.29) is 18.8 Å². The lowest BCUT2D eigenvalue weighted by Crippen LogP contribution is -2.59. The molecule has 1 fully saturated rings. The summed E-state index contributed by atoms with van der Waals surface area (Å²) in [5.74, 6) is -2.63. The fourth-order valence-electron chi connectivity index (χ4n) is 1.79. The first-order valence-corrected chi connectivity index (χ1v) is 4.93. The van der Waals surface area contributed by atoms with Gasteiger partial charge in [0.1, 0.15) is 12.4 Å². The van der Waals surface area contributed by atoms with Crippen LogP contribution in [0.4, 0.5) is 4.39 Å². The standard InChI is InChI=1S/C11H10FNO4/c12-8-4-2-1-3-7(8)11(10(15)16)6-17-5-9(14)13-11/h1-4H,5-6H2,(H,13,14)(H,15,16). The van der Waals surface area contributed by atoms with Crippen LogP contribution in [0.5, 0.6) is 0 Å². The minimum Gasteiger partial charge on any atom is -0.479 e. The number of hydrogen-bond donors (Lipinski definition) is 2. The van der Waals surface area contributed by atoms with E-state index in [1.165, 1.54) is 18.2 Å². The summed E-state index contributed by atoms with van der Waals surface area (Å²) < 4.78 is 18.5. The van der Waals surface area contributed by atoms with Crippen LogP contribution in [0.25, 0.3) is 0 Å². The molecule has 1 unspecified atom stereocenters. The van der Waals surface area contributed by atoms with Crippen molar-refractivity contribution in [2.45, 2.75) is 5.54 Å². The zero-order chi connectivity index (χ0) is 12.5. The molecule has 1 aliphatic rings. The zero-order valence-corrected chi connectivity index (χ0v) is 8.77. The molecule has 2 rings (SSSR count). The van der Waals surface area contributed by atoms with E-state index < -0.39 is 23.2 Å². The van der Waals surface area contributed by atoms with Crippen LogP contribution in [-0.2, 0) is 19.9 Å². The van der Waals surface area contributed by atoms with Crippen molar-refractivity contribution >= 4 is 11.9 Å². The first-order valence-electron chi connectivity index (χ1n) is 4.93. The number of nitrogens with one attached hydrogen (secondary N) is 1. The Morgan fingerprint density at radius 2 is 2.18 bits per heavy atom. The van der Waals surface area contributed by atoms with E-state index in [2.05, 4.69) is 5.32 Å². The van der Waals surface area contributed by atoms with Crippen LogP contribution in [0.15, 0.2) is 24.3 Å². The number of carbonyl (C=O) groups excluding carboxylic acids is 1. The van der Waals surface area contributed by atoms with Crippen molar-refractivity contribution in [3.8, 4) is 0 Å². The van der Waals surface area contributed by atoms with Gasteiger partial charge in [0.25, 0.3) is 0 Å². The second kappa shape index (κ2) is 4.14. The Morgan fingerprint density at radius 3 is 2.76 bits per heavy atom. The number of morpholine rings is 1. The third kappa shape index (κ3) is 1.87. The number of carbonyl (C=O) groups is 2. The molecule has 1 atom stereocenters. The molecule has 5 nitrogen and oxygen atoms in total. The first kappa shape index (κ1) is 11.5. The maximum Gasteiger partial charge on any atom is 0.336 e. The smallest absolute Gasteiger partial charge is 0.336 e. The Morgan fingerprint density at radius 1 is 1.47 bits per heavy atom. The van der Waals surface area contributed by atoms with Crippen LogP contribution in [0, 0.1) is 5.82 Å². The first-order chi connectivity index (χ1) is 8.06. The van der Waals surface area contributed by atoms with Gasteiger partial charge in [-0.15, -0.1) is 0 Å². The maximum absolute atomic E-state index is 13.6. The molecule has 0 radical (unpaired) electrons. The van der Waals surface area contributed by atoms with Crippen molar-refractivity contribution in [1.82, 2.24) is 5.32 Å². The van der Waals surface area contributed by atoms with Crippen molar-refractivity contribution in [2.24, 2.45) is 0 Å². The molecule has 1 amide bonds. The molecule has 6 heteroatoms. The van der Waals surface area contributed by atoms with E-state index in [1.54, 1.807) is 0 Å². The van der Waals surface area contributed by atoms with Gasteiger partial charge in [-0.3, -0.25) is 4.79 Å². The Bertz CT molecular complexity index is 476. The molecule has 1 aliphatic heterocycles. The molecule has 1 aromatic rings. The maximum atomic E-state index is 13.6. The van der Waals surface area contributed by atoms with E-state index in [9.17, 15) is 19.1 Å². The minimum absolute atomic E-state index is 0.111. The predicted molar refractivity (Wildman–Crippen MR) is 54.7 cm³/mol. The number of amides is 1. The summed E-state index contributed by atoms with van der Waals surface area (Å²) in [6, 6.07) is 5.41. The van der Waals surface area contributed by atoms with Gasteiger partial charge < -0.3 is 15.2 Å². The summed E-state index contributed by atoms with van der Waals surface area (Å²) >= 11 is 0. The molecular formula is C11H10FNO4. The third-order valence-corrected chi connectivity index (χ3v) is 2.60. The summed E-state index contributed by atoms with van der Waals surface area (Å²) in [5, 5.41) is 11.5. The van der Waals surface area contributed by atoms with Crippen LogP contribution < -0.4 is 5.32 Å². The summed E-state index contributed by atoms with van der Waals surface area (Å²) in [5.41, 5.74) is -1.96. The number of rotatable bonds is 2.